The molecule has 0 saturated carbocycles. The lowest BCUT2D eigenvalue weighted by Gasteiger charge is -2.23. The SMILES string of the molecule is CCCCCCCC/C=C\CCCCCCCCN(CCCCCCCC/C=C\CCCCCCCC)C(=O)CCN=C(NC(=O)OC(C)(C)C)NC(=O)OC(C)(C)C. The smallest absolute Gasteiger partial charge is 0.414 e. The number of rotatable bonds is 35. The number of allylic oxidation sites excluding steroid dienone is 4. The van der Waals surface area contributed by atoms with Crippen LogP contribution >= 0.6 is 0 Å². The molecule has 0 saturated heterocycles. The molecule has 0 radical (unpaired) electrons. The first kappa shape index (κ1) is 56.2. The highest BCUT2D eigenvalue weighted by molar-refractivity contribution is 6.01. The molecule has 2 N–H and O–H groups in total. The van der Waals surface area contributed by atoms with Gasteiger partial charge in [-0.3, -0.25) is 20.4 Å². The van der Waals surface area contributed by atoms with Crippen LogP contribution in [0.25, 0.3) is 0 Å². The maximum Gasteiger partial charge on any atom is 0.414 e. The van der Waals surface area contributed by atoms with Crippen LogP contribution in [-0.4, -0.2) is 59.8 Å². The Labute approximate surface area is 364 Å². The van der Waals surface area contributed by atoms with E-state index in [0.717, 1.165) is 38.8 Å². The van der Waals surface area contributed by atoms with Gasteiger partial charge in [0.25, 0.3) is 0 Å². The fourth-order valence-corrected chi connectivity index (χ4v) is 6.79. The van der Waals surface area contributed by atoms with Crippen molar-refractivity contribution >= 4 is 24.1 Å². The van der Waals surface area contributed by atoms with Crippen LogP contribution in [0.2, 0.25) is 0 Å². The van der Waals surface area contributed by atoms with E-state index in [9.17, 15) is 14.4 Å². The van der Waals surface area contributed by atoms with Crippen LogP contribution in [0.1, 0.15) is 242 Å². The Balaban J connectivity index is 4.89. The summed E-state index contributed by atoms with van der Waals surface area (Å²) in [5.41, 5.74) is -1.46. The molecule has 0 unspecified atom stereocenters. The van der Waals surface area contributed by atoms with Gasteiger partial charge in [-0.1, -0.05) is 154 Å². The minimum absolute atomic E-state index is 0.0446. The molecular formula is C50H94N4O5. The van der Waals surface area contributed by atoms with Crippen LogP contribution in [0.15, 0.2) is 29.3 Å². The first-order valence-corrected chi connectivity index (χ1v) is 24.4. The van der Waals surface area contributed by atoms with E-state index in [1.54, 1.807) is 41.5 Å². The third kappa shape index (κ3) is 41.7. The molecule has 0 atom stereocenters. The molecule has 0 fully saturated rings. The van der Waals surface area contributed by atoms with Crippen molar-refractivity contribution < 1.29 is 23.9 Å². The molecule has 9 nitrogen and oxygen atoms in total. The number of carbonyl (C=O) groups excluding carboxylic acids is 3. The van der Waals surface area contributed by atoms with Crippen molar-refractivity contribution in [1.82, 2.24) is 15.5 Å². The van der Waals surface area contributed by atoms with Crippen molar-refractivity contribution in [1.29, 1.82) is 0 Å². The first-order chi connectivity index (χ1) is 28.3. The second-order valence-corrected chi connectivity index (χ2v) is 18.5. The molecule has 59 heavy (non-hydrogen) atoms. The lowest BCUT2D eigenvalue weighted by Crippen LogP contribution is -2.47. The lowest BCUT2D eigenvalue weighted by atomic mass is 10.1. The number of nitrogens with zero attached hydrogens (tertiary/aromatic N) is 2. The minimum atomic E-state index is -0.750. The standard InChI is InChI=1S/C50H94N4O5/c1-9-11-13-15-17-19-21-23-25-27-29-31-33-35-37-39-43-54(44-40-38-36-34-32-30-28-26-24-22-20-18-16-14-12-10-2)45(55)41-42-51-46(52-47(56)58-49(3,4)5)53-48(57)59-50(6,7)8/h23-26H,9-22,27-44H2,1-8H3,(H2,51,52,53,56,57)/b25-23-,26-24-. The van der Waals surface area contributed by atoms with E-state index in [-0.39, 0.29) is 24.8 Å². The third-order valence-corrected chi connectivity index (χ3v) is 10.1. The fraction of sp³-hybridized carbons (Fsp3) is 0.840. The summed E-state index contributed by atoms with van der Waals surface area (Å²) < 4.78 is 10.7. The summed E-state index contributed by atoms with van der Waals surface area (Å²) in [5.74, 6) is -0.0578. The number of amides is 3. The zero-order chi connectivity index (χ0) is 43.9. The predicted molar refractivity (Wildman–Crippen MR) is 251 cm³/mol. The van der Waals surface area contributed by atoms with Crippen LogP contribution in [0.3, 0.4) is 0 Å². The van der Waals surface area contributed by atoms with Gasteiger partial charge in [-0.25, -0.2) is 9.59 Å². The summed E-state index contributed by atoms with van der Waals surface area (Å²) in [6.07, 6.45) is 43.3. The maximum absolute atomic E-state index is 13.5. The normalized spacial score (nSPS) is 11.9. The van der Waals surface area contributed by atoms with Gasteiger partial charge in [-0.05, 0) is 106 Å². The minimum Gasteiger partial charge on any atom is -0.444 e. The molecule has 0 aromatic rings. The van der Waals surface area contributed by atoms with Gasteiger partial charge in [0, 0.05) is 19.5 Å². The summed E-state index contributed by atoms with van der Waals surface area (Å²) in [5, 5.41) is 5.02. The van der Waals surface area contributed by atoms with Crippen molar-refractivity contribution in [3.8, 4) is 0 Å². The second kappa shape index (κ2) is 38.1. The molecule has 0 aromatic carbocycles. The Kier molecular flexibility index (Phi) is 36.3. The molecule has 344 valence electrons. The van der Waals surface area contributed by atoms with Gasteiger partial charge in [0.2, 0.25) is 11.9 Å². The Hall–Kier alpha value is -2.84. The number of unbranched alkanes of at least 4 members (excludes halogenated alkanes) is 24. The predicted octanol–water partition coefficient (Wildman–Crippen LogP) is 14.7. The van der Waals surface area contributed by atoms with E-state index in [1.807, 2.05) is 4.90 Å². The fourth-order valence-electron chi connectivity index (χ4n) is 6.79. The number of carbonyl (C=O) groups is 3. The summed E-state index contributed by atoms with van der Waals surface area (Å²) in [7, 11) is 0. The molecule has 9 heteroatoms. The first-order valence-electron chi connectivity index (χ1n) is 24.4. The average molecular weight is 831 g/mol. The number of hydrogen-bond acceptors (Lipinski definition) is 6. The molecule has 0 spiro atoms. The zero-order valence-electron chi connectivity index (χ0n) is 39.9. The largest absolute Gasteiger partial charge is 0.444 e. The highest BCUT2D eigenvalue weighted by Crippen LogP contribution is 2.14. The molecule has 3 amide bonds. The monoisotopic (exact) mass is 831 g/mol. The van der Waals surface area contributed by atoms with Crippen molar-refractivity contribution in [2.45, 2.75) is 253 Å². The number of nitrogens with one attached hydrogen (secondary N) is 2. The molecular weight excluding hydrogens is 737 g/mol. The number of aliphatic imine (C=N–C) groups is 1. The quantitative estimate of drug-likeness (QED) is 0.0286. The molecule has 0 aromatic heterocycles. The molecule has 0 bridgehead atoms. The van der Waals surface area contributed by atoms with Crippen LogP contribution in [0.5, 0.6) is 0 Å². The maximum atomic E-state index is 13.5. The van der Waals surface area contributed by atoms with Gasteiger partial charge in [0.1, 0.15) is 11.2 Å². The van der Waals surface area contributed by atoms with Gasteiger partial charge >= 0.3 is 12.2 Å². The second-order valence-electron chi connectivity index (χ2n) is 18.5. The van der Waals surface area contributed by atoms with Crippen molar-refractivity contribution in [3.63, 3.8) is 0 Å². The summed E-state index contributed by atoms with van der Waals surface area (Å²) in [6, 6.07) is 0. The van der Waals surface area contributed by atoms with Gasteiger partial charge in [-0.15, -0.1) is 0 Å². The highest BCUT2D eigenvalue weighted by atomic mass is 16.6. The van der Waals surface area contributed by atoms with Gasteiger partial charge in [-0.2, -0.15) is 0 Å². The van der Waals surface area contributed by atoms with Gasteiger partial charge < -0.3 is 14.4 Å². The van der Waals surface area contributed by atoms with Crippen molar-refractivity contribution in [2.24, 2.45) is 4.99 Å². The number of ether oxygens (including phenoxy) is 2. The topological polar surface area (TPSA) is 109 Å². The Morgan fingerprint density at radius 2 is 0.780 bits per heavy atom. The molecule has 0 rings (SSSR count). The molecule has 0 heterocycles. The number of alkyl carbamates (subject to hydrolysis) is 2. The molecule has 0 aliphatic carbocycles. The van der Waals surface area contributed by atoms with E-state index in [0.29, 0.717) is 0 Å². The van der Waals surface area contributed by atoms with Crippen molar-refractivity contribution in [2.75, 3.05) is 19.6 Å². The van der Waals surface area contributed by atoms with E-state index in [1.165, 1.54) is 154 Å². The van der Waals surface area contributed by atoms with E-state index < -0.39 is 23.4 Å². The Morgan fingerprint density at radius 3 is 1.10 bits per heavy atom. The summed E-state index contributed by atoms with van der Waals surface area (Å²) in [4.78, 5) is 44.9. The zero-order valence-corrected chi connectivity index (χ0v) is 39.9. The third-order valence-electron chi connectivity index (χ3n) is 10.1. The highest BCUT2D eigenvalue weighted by Gasteiger charge is 2.21. The molecule has 0 aliphatic heterocycles. The Morgan fingerprint density at radius 1 is 0.475 bits per heavy atom. The van der Waals surface area contributed by atoms with Gasteiger partial charge in [0.15, 0.2) is 0 Å². The Bertz CT molecular complexity index is 1050. The summed E-state index contributed by atoms with van der Waals surface area (Å²) in [6.45, 7) is 16.7. The number of guanidine groups is 1. The van der Waals surface area contributed by atoms with E-state index >= 15 is 0 Å². The average Bonchev–Trinajstić information content (AvgIpc) is 3.15. The van der Waals surface area contributed by atoms with Crippen LogP contribution in [0.4, 0.5) is 9.59 Å². The van der Waals surface area contributed by atoms with Crippen LogP contribution in [-0.2, 0) is 14.3 Å². The van der Waals surface area contributed by atoms with Gasteiger partial charge in [0.05, 0.1) is 6.54 Å². The number of hydrogen-bond donors (Lipinski definition) is 2. The van der Waals surface area contributed by atoms with Crippen LogP contribution in [0, 0.1) is 0 Å². The molecule has 0 aliphatic rings. The van der Waals surface area contributed by atoms with E-state index in [4.69, 9.17) is 9.47 Å². The lowest BCUT2D eigenvalue weighted by molar-refractivity contribution is -0.131. The summed E-state index contributed by atoms with van der Waals surface area (Å²) >= 11 is 0. The van der Waals surface area contributed by atoms with E-state index in [2.05, 4.69) is 53.8 Å². The van der Waals surface area contributed by atoms with Crippen molar-refractivity contribution in [3.05, 3.63) is 24.3 Å². The van der Waals surface area contributed by atoms with Crippen LogP contribution < -0.4 is 10.6 Å².